The molecule has 0 saturated heterocycles. The van der Waals surface area contributed by atoms with Gasteiger partial charge < -0.3 is 10.7 Å². The Labute approximate surface area is 106 Å². The minimum atomic E-state index is -3.62. The molecule has 0 aromatic carbocycles. The van der Waals surface area contributed by atoms with Crippen LogP contribution in [0.25, 0.3) is 0 Å². The number of aromatic nitrogens is 2. The summed E-state index contributed by atoms with van der Waals surface area (Å²) in [5, 5.41) is 0.0555. The third-order valence-electron chi connectivity index (χ3n) is 2.55. The van der Waals surface area contributed by atoms with Crippen LogP contribution in [0.15, 0.2) is 11.2 Å². The van der Waals surface area contributed by atoms with E-state index in [1.807, 2.05) is 6.92 Å². The van der Waals surface area contributed by atoms with Crippen molar-refractivity contribution in [3.63, 3.8) is 0 Å². The van der Waals surface area contributed by atoms with Gasteiger partial charge in [-0.1, -0.05) is 19.1 Å². The Balaban J connectivity index is 3.06. The molecule has 1 atom stereocenters. The topological polar surface area (TPSA) is 92.1 Å². The molecule has 0 aliphatic heterocycles. The molecule has 0 bridgehead atoms. The van der Waals surface area contributed by atoms with E-state index in [0.29, 0.717) is 12.2 Å². The molecule has 0 fully saturated rings. The number of hydrogen-bond donors (Lipinski definition) is 2. The zero-order valence-electron chi connectivity index (χ0n) is 9.97. The molecule has 0 radical (unpaired) electrons. The van der Waals surface area contributed by atoms with E-state index in [1.54, 1.807) is 6.92 Å². The first-order valence-corrected chi connectivity index (χ1v) is 6.96. The minimum absolute atomic E-state index is 0.0555. The molecule has 0 aliphatic rings. The van der Waals surface area contributed by atoms with Crippen molar-refractivity contribution in [2.75, 3.05) is 7.05 Å². The fourth-order valence-electron chi connectivity index (χ4n) is 1.20. The Morgan fingerprint density at radius 1 is 1.71 bits per heavy atom. The summed E-state index contributed by atoms with van der Waals surface area (Å²) in [5.74, 6) is 0.625. The number of rotatable bonds is 5. The van der Waals surface area contributed by atoms with Crippen LogP contribution >= 0.6 is 12.2 Å². The van der Waals surface area contributed by atoms with Gasteiger partial charge in [-0.15, -0.1) is 0 Å². The van der Waals surface area contributed by atoms with Crippen molar-refractivity contribution < 1.29 is 8.42 Å². The lowest BCUT2D eigenvalue weighted by molar-refractivity contribution is 0.449. The number of H-pyrrole nitrogens is 1. The average Bonchev–Trinajstić information content (AvgIpc) is 2.75. The highest BCUT2D eigenvalue weighted by atomic mass is 32.2. The van der Waals surface area contributed by atoms with Crippen molar-refractivity contribution in [1.82, 2.24) is 14.3 Å². The van der Waals surface area contributed by atoms with Crippen LogP contribution in [-0.2, 0) is 16.4 Å². The molecule has 8 heteroatoms. The van der Waals surface area contributed by atoms with E-state index in [9.17, 15) is 8.42 Å². The van der Waals surface area contributed by atoms with Crippen LogP contribution in [0, 0.1) is 0 Å². The second-order valence-electron chi connectivity index (χ2n) is 3.65. The number of nitrogens with one attached hydrogen (secondary N) is 1. The summed E-state index contributed by atoms with van der Waals surface area (Å²) < 4.78 is 25.4. The molecule has 0 amide bonds. The van der Waals surface area contributed by atoms with Gasteiger partial charge in [-0.05, 0) is 6.92 Å². The van der Waals surface area contributed by atoms with Crippen molar-refractivity contribution in [3.8, 4) is 0 Å². The van der Waals surface area contributed by atoms with E-state index in [-0.39, 0.29) is 10.0 Å². The normalized spacial score (nSPS) is 13.9. The predicted octanol–water partition coefficient (Wildman–Crippen LogP) is 0.267. The first-order valence-electron chi connectivity index (χ1n) is 5.12. The molecule has 96 valence electrons. The average molecular weight is 276 g/mol. The van der Waals surface area contributed by atoms with Crippen LogP contribution < -0.4 is 5.73 Å². The molecule has 0 spiro atoms. The van der Waals surface area contributed by atoms with Gasteiger partial charge in [-0.25, -0.2) is 13.4 Å². The third-order valence-corrected chi connectivity index (χ3v) is 4.73. The molecule has 1 heterocycles. The van der Waals surface area contributed by atoms with Gasteiger partial charge in [-0.3, -0.25) is 0 Å². The van der Waals surface area contributed by atoms with Gasteiger partial charge >= 0.3 is 0 Å². The van der Waals surface area contributed by atoms with Crippen LogP contribution in [0.1, 0.15) is 19.7 Å². The summed E-state index contributed by atoms with van der Waals surface area (Å²) in [4.78, 5) is 6.85. The lowest BCUT2D eigenvalue weighted by Gasteiger charge is -2.22. The lowest BCUT2D eigenvalue weighted by Crippen LogP contribution is -2.42. The molecular weight excluding hydrogens is 260 g/mol. The number of aryl methyl sites for hydroxylation is 1. The second kappa shape index (κ2) is 5.11. The summed E-state index contributed by atoms with van der Waals surface area (Å²) in [5.41, 5.74) is 5.44. The first kappa shape index (κ1) is 14.1. The number of thiocarbonyl (C=S) groups is 1. The summed E-state index contributed by atoms with van der Waals surface area (Å²) >= 11 is 4.79. The monoisotopic (exact) mass is 276 g/mol. The summed E-state index contributed by atoms with van der Waals surface area (Å²) in [6, 6.07) is -0.539. The van der Waals surface area contributed by atoms with E-state index in [4.69, 9.17) is 18.0 Å². The number of hydrogen-bond acceptors (Lipinski definition) is 4. The Bertz CT molecular complexity index is 509. The lowest BCUT2D eigenvalue weighted by atomic mass is 10.3. The molecule has 3 N–H and O–H groups in total. The Morgan fingerprint density at radius 2 is 2.29 bits per heavy atom. The molecule has 1 unspecified atom stereocenters. The Hall–Kier alpha value is -0.990. The molecule has 1 aromatic heterocycles. The zero-order chi connectivity index (χ0) is 13.2. The molecule has 17 heavy (non-hydrogen) atoms. The number of nitrogens with zero attached hydrogens (tertiary/aromatic N) is 2. The van der Waals surface area contributed by atoms with Gasteiger partial charge in [0.15, 0.2) is 5.03 Å². The molecule has 1 rings (SSSR count). The predicted molar refractivity (Wildman–Crippen MR) is 69.2 cm³/mol. The fraction of sp³-hybridized carbons (Fsp3) is 0.556. The Morgan fingerprint density at radius 3 is 2.71 bits per heavy atom. The van der Waals surface area contributed by atoms with E-state index in [2.05, 4.69) is 9.97 Å². The standard InChI is InChI=1S/C9H16N4O2S2/c1-4-7-11-5-8(12-7)17(14,15)13(3)6(2)9(10)16/h5-6H,4H2,1-3H3,(H2,10,16)(H,11,12). The van der Waals surface area contributed by atoms with Gasteiger partial charge in [0.1, 0.15) is 5.82 Å². The highest BCUT2D eigenvalue weighted by molar-refractivity contribution is 7.89. The molecule has 1 aromatic rings. The first-order chi connectivity index (χ1) is 7.80. The maximum atomic E-state index is 12.1. The van der Waals surface area contributed by atoms with Crippen molar-refractivity contribution in [3.05, 3.63) is 12.0 Å². The number of sulfonamides is 1. The van der Waals surface area contributed by atoms with Crippen LogP contribution in [0.4, 0.5) is 0 Å². The SMILES string of the molecule is CCc1ncc(S(=O)(=O)N(C)C(C)C(N)=S)[nH]1. The van der Waals surface area contributed by atoms with Crippen molar-refractivity contribution >= 4 is 27.2 Å². The van der Waals surface area contributed by atoms with Crippen LogP contribution in [-0.4, -0.2) is 40.8 Å². The smallest absolute Gasteiger partial charge is 0.260 e. The zero-order valence-corrected chi connectivity index (χ0v) is 11.6. The third kappa shape index (κ3) is 2.82. The van der Waals surface area contributed by atoms with Crippen molar-refractivity contribution in [2.45, 2.75) is 31.3 Å². The fourth-order valence-corrected chi connectivity index (χ4v) is 2.69. The van der Waals surface area contributed by atoms with E-state index in [1.165, 1.54) is 13.2 Å². The van der Waals surface area contributed by atoms with Gasteiger partial charge in [0.25, 0.3) is 10.0 Å². The molecule has 6 nitrogen and oxygen atoms in total. The quantitative estimate of drug-likeness (QED) is 0.753. The molecule has 0 aliphatic carbocycles. The number of imidazole rings is 1. The number of aromatic amines is 1. The molecular formula is C9H16N4O2S2. The van der Waals surface area contributed by atoms with Gasteiger partial charge in [-0.2, -0.15) is 4.31 Å². The van der Waals surface area contributed by atoms with Crippen LogP contribution in [0.3, 0.4) is 0 Å². The molecule has 0 saturated carbocycles. The Kier molecular flexibility index (Phi) is 4.23. The van der Waals surface area contributed by atoms with Crippen molar-refractivity contribution in [1.29, 1.82) is 0 Å². The summed E-state index contributed by atoms with van der Waals surface area (Å²) in [6.07, 6.45) is 1.95. The van der Waals surface area contributed by atoms with E-state index >= 15 is 0 Å². The van der Waals surface area contributed by atoms with Gasteiger partial charge in [0, 0.05) is 13.5 Å². The van der Waals surface area contributed by atoms with Crippen LogP contribution in [0.2, 0.25) is 0 Å². The second-order valence-corrected chi connectivity index (χ2v) is 6.08. The van der Waals surface area contributed by atoms with E-state index < -0.39 is 16.1 Å². The minimum Gasteiger partial charge on any atom is -0.392 e. The maximum Gasteiger partial charge on any atom is 0.260 e. The van der Waals surface area contributed by atoms with Crippen molar-refractivity contribution in [2.24, 2.45) is 5.73 Å². The summed E-state index contributed by atoms with van der Waals surface area (Å²) in [7, 11) is -2.19. The number of likely N-dealkylation sites (N-methyl/N-ethyl adjacent to an activating group) is 1. The largest absolute Gasteiger partial charge is 0.392 e. The summed E-state index contributed by atoms with van der Waals surface area (Å²) in [6.45, 7) is 3.52. The maximum absolute atomic E-state index is 12.1. The number of nitrogens with two attached hydrogens (primary N) is 1. The van der Waals surface area contributed by atoms with Gasteiger partial charge in [0.05, 0.1) is 17.2 Å². The highest BCUT2D eigenvalue weighted by Gasteiger charge is 2.28. The van der Waals surface area contributed by atoms with E-state index in [0.717, 1.165) is 4.31 Å². The van der Waals surface area contributed by atoms with Crippen LogP contribution in [0.5, 0.6) is 0 Å². The van der Waals surface area contributed by atoms with Gasteiger partial charge in [0.2, 0.25) is 0 Å². The highest BCUT2D eigenvalue weighted by Crippen LogP contribution is 2.14.